The highest BCUT2D eigenvalue weighted by molar-refractivity contribution is 6.89. The van der Waals surface area contributed by atoms with E-state index in [1.165, 1.54) is 16.0 Å². The molecule has 0 N–H and O–H groups in total. The molecule has 2 aromatic rings. The predicted molar refractivity (Wildman–Crippen MR) is 90.9 cm³/mol. The lowest BCUT2D eigenvalue weighted by Gasteiger charge is -2.27. The first-order valence-electron chi connectivity index (χ1n) is 6.89. The average Bonchev–Trinajstić information content (AvgIpc) is 2.24. The molecule has 0 aliphatic heterocycles. The van der Waals surface area contributed by atoms with Crippen LogP contribution in [0, 0.1) is 0 Å². The fourth-order valence-electron chi connectivity index (χ4n) is 2.22. The van der Waals surface area contributed by atoms with Crippen molar-refractivity contribution >= 4 is 32.4 Å². The van der Waals surface area contributed by atoms with Gasteiger partial charge in [0.1, 0.15) is 5.75 Å². The van der Waals surface area contributed by atoms with Crippen LogP contribution in [0.15, 0.2) is 36.4 Å². The van der Waals surface area contributed by atoms with Crippen molar-refractivity contribution in [2.45, 2.75) is 39.3 Å². The van der Waals surface area contributed by atoms with Crippen molar-refractivity contribution in [2.24, 2.45) is 0 Å². The molecule has 1 nitrogen and oxygen atoms in total. The van der Waals surface area contributed by atoms with Crippen molar-refractivity contribution in [2.75, 3.05) is 0 Å². The first kappa shape index (κ1) is 14.3. The first-order valence-corrected chi connectivity index (χ1v) is 13.8. The molecule has 19 heavy (non-hydrogen) atoms. The van der Waals surface area contributed by atoms with Crippen LogP contribution in [0.2, 0.25) is 39.3 Å². The third-order valence-electron chi connectivity index (χ3n) is 3.07. The summed E-state index contributed by atoms with van der Waals surface area (Å²) in [5.41, 5.74) is 0. The molecule has 0 radical (unpaired) electrons. The zero-order valence-corrected chi connectivity index (χ0v) is 14.9. The lowest BCUT2D eigenvalue weighted by Crippen LogP contribution is -2.41. The highest BCUT2D eigenvalue weighted by atomic mass is 28.4. The summed E-state index contributed by atoms with van der Waals surface area (Å²) in [7, 11) is -2.97. The van der Waals surface area contributed by atoms with E-state index in [1.54, 1.807) is 0 Å². The number of rotatable bonds is 3. The maximum Gasteiger partial charge on any atom is 0.242 e. The van der Waals surface area contributed by atoms with Gasteiger partial charge in [-0.15, -0.1) is 0 Å². The molecule has 0 aliphatic rings. The molecule has 3 heteroatoms. The minimum atomic E-state index is -1.57. The summed E-state index contributed by atoms with van der Waals surface area (Å²) in [6.45, 7) is 13.9. The van der Waals surface area contributed by atoms with Crippen LogP contribution in [0.4, 0.5) is 0 Å². The molecule has 0 saturated heterocycles. The minimum absolute atomic E-state index is 1.12. The van der Waals surface area contributed by atoms with Gasteiger partial charge in [0.05, 0.1) is 8.07 Å². The van der Waals surface area contributed by atoms with Gasteiger partial charge in [-0.1, -0.05) is 50.0 Å². The Kier molecular flexibility index (Phi) is 3.62. The zero-order chi connectivity index (χ0) is 14.3. The normalized spacial score (nSPS) is 12.7. The lowest BCUT2D eigenvalue weighted by molar-refractivity contribution is 0.562. The van der Waals surface area contributed by atoms with Crippen molar-refractivity contribution in [3.63, 3.8) is 0 Å². The van der Waals surface area contributed by atoms with Gasteiger partial charge in [0.15, 0.2) is 0 Å². The van der Waals surface area contributed by atoms with Gasteiger partial charge in [0.2, 0.25) is 8.32 Å². The maximum absolute atomic E-state index is 6.34. The summed E-state index contributed by atoms with van der Waals surface area (Å²) in [4.78, 5) is 0. The predicted octanol–water partition coefficient (Wildman–Crippen LogP) is 4.60. The van der Waals surface area contributed by atoms with Gasteiger partial charge in [-0.25, -0.2) is 0 Å². The van der Waals surface area contributed by atoms with Crippen molar-refractivity contribution in [1.82, 2.24) is 0 Å². The highest BCUT2D eigenvalue weighted by Crippen LogP contribution is 2.24. The Hall–Kier alpha value is -1.07. The highest BCUT2D eigenvalue weighted by Gasteiger charge is 2.25. The molecule has 2 aromatic carbocycles. The molecule has 0 bridgehead atoms. The van der Waals surface area contributed by atoms with Gasteiger partial charge in [-0.3, -0.25) is 0 Å². The average molecular weight is 289 g/mol. The standard InChI is InChI=1S/C16H24OSi2/c1-18(2,3)16-12-14-10-8-7-9-13(14)11-15(16)17-19(4,5)6/h7-12H,1-6H3. The van der Waals surface area contributed by atoms with Crippen LogP contribution >= 0.6 is 0 Å². The molecule has 0 saturated carbocycles. The van der Waals surface area contributed by atoms with Gasteiger partial charge in [0.25, 0.3) is 0 Å². The van der Waals surface area contributed by atoms with Gasteiger partial charge < -0.3 is 4.43 Å². The molecule has 0 heterocycles. The van der Waals surface area contributed by atoms with Crippen LogP contribution in [-0.2, 0) is 0 Å². The van der Waals surface area contributed by atoms with Gasteiger partial charge in [-0.2, -0.15) is 0 Å². The Bertz CT molecular complexity index is 592. The summed E-state index contributed by atoms with van der Waals surface area (Å²) < 4.78 is 6.34. The molecule has 0 atom stereocenters. The zero-order valence-electron chi connectivity index (χ0n) is 12.9. The second-order valence-electron chi connectivity index (χ2n) is 7.16. The third-order valence-corrected chi connectivity index (χ3v) is 5.91. The van der Waals surface area contributed by atoms with Crippen molar-refractivity contribution in [3.8, 4) is 5.75 Å². The van der Waals surface area contributed by atoms with Crippen LogP contribution in [0.25, 0.3) is 10.8 Å². The van der Waals surface area contributed by atoms with Crippen molar-refractivity contribution < 1.29 is 4.43 Å². The fraction of sp³-hybridized carbons (Fsp3) is 0.375. The van der Waals surface area contributed by atoms with E-state index in [4.69, 9.17) is 4.43 Å². The Morgan fingerprint density at radius 3 is 1.79 bits per heavy atom. The van der Waals surface area contributed by atoms with E-state index in [9.17, 15) is 0 Å². The Labute approximate surface area is 118 Å². The van der Waals surface area contributed by atoms with E-state index in [0.717, 1.165) is 5.75 Å². The van der Waals surface area contributed by atoms with Gasteiger partial charge >= 0.3 is 0 Å². The Morgan fingerprint density at radius 1 is 0.789 bits per heavy atom. The van der Waals surface area contributed by atoms with E-state index in [2.05, 4.69) is 75.7 Å². The van der Waals surface area contributed by atoms with E-state index < -0.39 is 16.4 Å². The molecule has 0 fully saturated rings. The molecule has 0 unspecified atom stereocenters. The monoisotopic (exact) mass is 288 g/mol. The van der Waals surface area contributed by atoms with Crippen LogP contribution < -0.4 is 9.61 Å². The van der Waals surface area contributed by atoms with Crippen molar-refractivity contribution in [1.29, 1.82) is 0 Å². The van der Waals surface area contributed by atoms with Gasteiger partial charge in [0, 0.05) is 0 Å². The second-order valence-corrected chi connectivity index (χ2v) is 16.6. The first-order chi connectivity index (χ1) is 8.67. The summed E-state index contributed by atoms with van der Waals surface area (Å²) >= 11 is 0. The SMILES string of the molecule is C[Si](C)(C)Oc1cc2ccccc2cc1[Si](C)(C)C. The third kappa shape index (κ3) is 3.48. The van der Waals surface area contributed by atoms with E-state index >= 15 is 0 Å². The minimum Gasteiger partial charge on any atom is -0.544 e. The van der Waals surface area contributed by atoms with Crippen LogP contribution in [-0.4, -0.2) is 16.4 Å². The Balaban J connectivity index is 2.64. The molecule has 2 rings (SSSR count). The summed E-state index contributed by atoms with van der Waals surface area (Å²) in [6.07, 6.45) is 0. The lowest BCUT2D eigenvalue weighted by atomic mass is 10.1. The number of benzene rings is 2. The fourth-order valence-corrected chi connectivity index (χ4v) is 4.60. The molecule has 0 aliphatic carbocycles. The molecule has 0 amide bonds. The molecular formula is C16H24OSi2. The number of fused-ring (bicyclic) bond motifs is 1. The second kappa shape index (κ2) is 4.80. The van der Waals surface area contributed by atoms with Crippen LogP contribution in [0.3, 0.4) is 0 Å². The van der Waals surface area contributed by atoms with E-state index in [1.807, 2.05) is 0 Å². The molecular weight excluding hydrogens is 264 g/mol. The van der Waals surface area contributed by atoms with Crippen LogP contribution in [0.5, 0.6) is 5.75 Å². The topological polar surface area (TPSA) is 9.23 Å². The smallest absolute Gasteiger partial charge is 0.242 e. The number of hydrogen-bond acceptors (Lipinski definition) is 1. The Morgan fingerprint density at radius 2 is 1.32 bits per heavy atom. The quantitative estimate of drug-likeness (QED) is 0.750. The van der Waals surface area contributed by atoms with Crippen LogP contribution in [0.1, 0.15) is 0 Å². The number of hydrogen-bond donors (Lipinski definition) is 0. The van der Waals surface area contributed by atoms with Gasteiger partial charge in [-0.05, 0) is 41.7 Å². The molecule has 0 aromatic heterocycles. The molecule has 102 valence electrons. The maximum atomic E-state index is 6.34. The largest absolute Gasteiger partial charge is 0.544 e. The van der Waals surface area contributed by atoms with Crippen molar-refractivity contribution in [3.05, 3.63) is 36.4 Å². The van der Waals surface area contributed by atoms with E-state index in [0.29, 0.717) is 0 Å². The summed E-state index contributed by atoms with van der Waals surface area (Å²) in [6, 6.07) is 13.1. The summed E-state index contributed by atoms with van der Waals surface area (Å²) in [5, 5.41) is 4.04. The van der Waals surface area contributed by atoms with E-state index in [-0.39, 0.29) is 0 Å². The summed E-state index contributed by atoms with van der Waals surface area (Å²) in [5.74, 6) is 1.12. The molecule has 0 spiro atoms.